The molecule has 5 nitrogen and oxygen atoms in total. The Bertz CT molecular complexity index is 854. The summed E-state index contributed by atoms with van der Waals surface area (Å²) in [7, 11) is -3.40. The number of thioether (sulfide) groups is 1. The molecule has 24 heavy (non-hydrogen) atoms. The zero-order valence-corrected chi connectivity index (χ0v) is 15.6. The number of halogens is 1. The quantitative estimate of drug-likeness (QED) is 0.736. The maximum absolute atomic E-state index is 12.4. The summed E-state index contributed by atoms with van der Waals surface area (Å²) in [6, 6.07) is 11.9. The maximum atomic E-state index is 12.4. The van der Waals surface area contributed by atoms with Crippen LogP contribution in [0.2, 0.25) is 5.02 Å². The lowest BCUT2D eigenvalue weighted by atomic mass is 10.2. The fourth-order valence-corrected chi connectivity index (χ4v) is 3.60. The van der Waals surface area contributed by atoms with Crippen LogP contribution in [-0.2, 0) is 10.0 Å². The number of hydrogen-bond acceptors (Lipinski definition) is 4. The zero-order chi connectivity index (χ0) is 17.7. The Hall–Kier alpha value is -1.70. The van der Waals surface area contributed by atoms with Crippen molar-refractivity contribution in [1.29, 1.82) is 0 Å². The van der Waals surface area contributed by atoms with Gasteiger partial charge in [-0.05, 0) is 36.1 Å². The molecule has 0 spiro atoms. The van der Waals surface area contributed by atoms with E-state index in [4.69, 9.17) is 11.6 Å². The summed E-state index contributed by atoms with van der Waals surface area (Å²) in [6.45, 7) is 2.04. The van der Waals surface area contributed by atoms with Crippen LogP contribution in [-0.4, -0.2) is 26.3 Å². The van der Waals surface area contributed by atoms with Crippen molar-refractivity contribution in [3.05, 3.63) is 53.1 Å². The lowest BCUT2D eigenvalue weighted by molar-refractivity contribution is 0.102. The summed E-state index contributed by atoms with van der Waals surface area (Å²) in [6.07, 6.45) is 1.05. The van der Waals surface area contributed by atoms with E-state index in [1.165, 1.54) is 18.2 Å². The van der Waals surface area contributed by atoms with Gasteiger partial charge in [-0.25, -0.2) is 8.42 Å². The molecule has 0 saturated heterocycles. The first-order valence-corrected chi connectivity index (χ1v) is 10.4. The van der Waals surface area contributed by atoms with Crippen molar-refractivity contribution in [2.24, 2.45) is 0 Å². The Balaban J connectivity index is 2.22. The molecule has 0 aliphatic heterocycles. The first-order valence-electron chi connectivity index (χ1n) is 7.10. The minimum Gasteiger partial charge on any atom is -0.321 e. The second kappa shape index (κ2) is 7.92. The van der Waals surface area contributed by atoms with Crippen molar-refractivity contribution < 1.29 is 13.2 Å². The number of para-hydroxylation sites is 1. The molecule has 1 amide bonds. The molecule has 0 aliphatic rings. The Kier molecular flexibility index (Phi) is 6.15. The van der Waals surface area contributed by atoms with Gasteiger partial charge in [-0.15, -0.1) is 11.8 Å². The van der Waals surface area contributed by atoms with E-state index in [0.29, 0.717) is 11.4 Å². The summed E-state index contributed by atoms with van der Waals surface area (Å²) in [4.78, 5) is 13.4. The second-order valence-electron chi connectivity index (χ2n) is 4.95. The van der Waals surface area contributed by atoms with E-state index in [2.05, 4.69) is 10.0 Å². The van der Waals surface area contributed by atoms with Gasteiger partial charge in [0.15, 0.2) is 0 Å². The number of rotatable bonds is 6. The zero-order valence-electron chi connectivity index (χ0n) is 13.2. The lowest BCUT2D eigenvalue weighted by Crippen LogP contribution is -2.14. The van der Waals surface area contributed by atoms with Crippen molar-refractivity contribution in [2.75, 3.05) is 22.0 Å². The number of carbonyl (C=O) groups is 1. The Labute approximate surface area is 150 Å². The molecule has 0 radical (unpaired) electrons. The van der Waals surface area contributed by atoms with Gasteiger partial charge in [-0.3, -0.25) is 9.52 Å². The number of amides is 1. The number of hydrogen-bond donors (Lipinski definition) is 2. The number of sulfonamides is 1. The van der Waals surface area contributed by atoms with Gasteiger partial charge in [-0.2, -0.15) is 0 Å². The van der Waals surface area contributed by atoms with Crippen LogP contribution in [0.5, 0.6) is 0 Å². The highest BCUT2D eigenvalue weighted by molar-refractivity contribution is 7.99. The van der Waals surface area contributed by atoms with Gasteiger partial charge in [0.25, 0.3) is 5.91 Å². The van der Waals surface area contributed by atoms with Crippen molar-refractivity contribution in [2.45, 2.75) is 11.8 Å². The monoisotopic (exact) mass is 384 g/mol. The van der Waals surface area contributed by atoms with Crippen LogP contribution in [0.4, 0.5) is 11.4 Å². The molecule has 0 aromatic heterocycles. The van der Waals surface area contributed by atoms with E-state index in [-0.39, 0.29) is 16.5 Å². The molecule has 0 aliphatic carbocycles. The van der Waals surface area contributed by atoms with Crippen molar-refractivity contribution >= 4 is 50.7 Å². The normalized spacial score (nSPS) is 11.1. The highest BCUT2D eigenvalue weighted by Gasteiger charge is 2.14. The summed E-state index contributed by atoms with van der Waals surface area (Å²) in [5.74, 6) is 0.537. The van der Waals surface area contributed by atoms with E-state index in [0.717, 1.165) is 16.9 Å². The lowest BCUT2D eigenvalue weighted by Gasteiger charge is -2.12. The van der Waals surface area contributed by atoms with Crippen LogP contribution < -0.4 is 10.0 Å². The first-order chi connectivity index (χ1) is 11.3. The smallest absolute Gasteiger partial charge is 0.257 e. The third-order valence-corrected chi connectivity index (χ3v) is 4.83. The fraction of sp³-hybridized carbons (Fsp3) is 0.188. The van der Waals surface area contributed by atoms with Crippen LogP contribution in [0.25, 0.3) is 0 Å². The summed E-state index contributed by atoms with van der Waals surface area (Å²) in [5, 5.41) is 3.01. The van der Waals surface area contributed by atoms with Gasteiger partial charge in [0.1, 0.15) is 0 Å². The van der Waals surface area contributed by atoms with Gasteiger partial charge in [-0.1, -0.05) is 30.7 Å². The molecule has 128 valence electrons. The van der Waals surface area contributed by atoms with Gasteiger partial charge >= 0.3 is 0 Å². The van der Waals surface area contributed by atoms with Crippen LogP contribution in [0, 0.1) is 0 Å². The molecule has 2 aromatic rings. The van der Waals surface area contributed by atoms with Gasteiger partial charge in [0.2, 0.25) is 10.0 Å². The highest BCUT2D eigenvalue weighted by atomic mass is 35.5. The molecule has 0 heterocycles. The Morgan fingerprint density at radius 3 is 2.54 bits per heavy atom. The molecule has 2 rings (SSSR count). The summed E-state index contributed by atoms with van der Waals surface area (Å²) >= 11 is 7.75. The Morgan fingerprint density at radius 1 is 1.21 bits per heavy atom. The van der Waals surface area contributed by atoms with E-state index < -0.39 is 10.0 Å². The van der Waals surface area contributed by atoms with Crippen molar-refractivity contribution in [1.82, 2.24) is 0 Å². The average molecular weight is 385 g/mol. The van der Waals surface area contributed by atoms with Crippen LogP contribution in [0.3, 0.4) is 0 Å². The average Bonchev–Trinajstić information content (AvgIpc) is 2.48. The molecule has 0 bridgehead atoms. The molecule has 8 heteroatoms. The molecule has 0 saturated carbocycles. The van der Waals surface area contributed by atoms with Gasteiger partial charge < -0.3 is 5.32 Å². The van der Waals surface area contributed by atoms with Gasteiger partial charge in [0, 0.05) is 10.6 Å². The number of anilines is 2. The number of carbonyl (C=O) groups excluding carboxylic acids is 1. The molecule has 2 N–H and O–H groups in total. The van der Waals surface area contributed by atoms with Crippen LogP contribution in [0.15, 0.2) is 47.4 Å². The van der Waals surface area contributed by atoms with Crippen molar-refractivity contribution in [3.8, 4) is 0 Å². The molecular weight excluding hydrogens is 368 g/mol. The number of nitrogens with one attached hydrogen (secondary N) is 2. The van der Waals surface area contributed by atoms with Gasteiger partial charge in [0.05, 0.1) is 22.5 Å². The fourth-order valence-electron chi connectivity index (χ4n) is 2.02. The summed E-state index contributed by atoms with van der Waals surface area (Å²) < 4.78 is 24.8. The molecule has 0 fully saturated rings. The van der Waals surface area contributed by atoms with E-state index >= 15 is 0 Å². The predicted molar refractivity (Wildman–Crippen MR) is 101 cm³/mol. The van der Waals surface area contributed by atoms with E-state index in [1.54, 1.807) is 11.8 Å². The predicted octanol–water partition coefficient (Wildman–Crippen LogP) is 4.08. The third kappa shape index (κ3) is 5.15. The second-order valence-corrected chi connectivity index (χ2v) is 8.41. The molecule has 0 atom stereocenters. The van der Waals surface area contributed by atoms with E-state index in [9.17, 15) is 13.2 Å². The third-order valence-electron chi connectivity index (χ3n) is 2.95. The standard InChI is InChI=1S/C16H17ClN2O3S2/c1-3-23-15-7-5-4-6-14(15)18-16(20)12-9-8-11(10-13(12)17)19-24(2,21)22/h4-10,19H,3H2,1-2H3,(H,18,20). The van der Waals surface area contributed by atoms with Crippen molar-refractivity contribution in [3.63, 3.8) is 0 Å². The molecular formula is C16H17ClN2O3S2. The topological polar surface area (TPSA) is 75.3 Å². The number of benzene rings is 2. The summed E-state index contributed by atoms with van der Waals surface area (Å²) in [5.41, 5.74) is 1.29. The molecule has 2 aromatic carbocycles. The maximum Gasteiger partial charge on any atom is 0.257 e. The van der Waals surface area contributed by atoms with Crippen LogP contribution in [0.1, 0.15) is 17.3 Å². The van der Waals surface area contributed by atoms with Crippen LogP contribution >= 0.6 is 23.4 Å². The highest BCUT2D eigenvalue weighted by Crippen LogP contribution is 2.28. The van der Waals surface area contributed by atoms with E-state index in [1.807, 2.05) is 31.2 Å². The molecule has 0 unspecified atom stereocenters. The Morgan fingerprint density at radius 2 is 1.92 bits per heavy atom. The SMILES string of the molecule is CCSc1ccccc1NC(=O)c1ccc(NS(C)(=O)=O)cc1Cl. The minimum absolute atomic E-state index is 0.168. The largest absolute Gasteiger partial charge is 0.321 e. The minimum atomic E-state index is -3.40. The first kappa shape index (κ1) is 18.6.